The van der Waals surface area contributed by atoms with E-state index in [1.54, 1.807) is 0 Å². The number of amides is 1. The van der Waals surface area contributed by atoms with Gasteiger partial charge in [0, 0.05) is 68.8 Å². The minimum atomic E-state index is -0.0868. The number of imidazole rings is 1. The summed E-state index contributed by atoms with van der Waals surface area (Å²) in [5.74, 6) is 1.69. The number of H-pyrrole nitrogens is 1. The van der Waals surface area contributed by atoms with E-state index in [1.807, 2.05) is 30.3 Å². The summed E-state index contributed by atoms with van der Waals surface area (Å²) in [6.45, 7) is 12.3. The van der Waals surface area contributed by atoms with Gasteiger partial charge < -0.3 is 25.4 Å². The number of nitrogens with zero attached hydrogens (tertiary/aromatic N) is 4. The van der Waals surface area contributed by atoms with Gasteiger partial charge in [0.15, 0.2) is 0 Å². The molecule has 0 spiro atoms. The normalized spacial score (nSPS) is 21.3. The molecule has 0 saturated carbocycles. The maximum absolute atomic E-state index is 13.0. The number of carbonyl (C=O) groups excluding carboxylic acids is 1. The molecule has 3 aliphatic heterocycles. The molecule has 39 heavy (non-hydrogen) atoms. The number of hydrogen-bond donors (Lipinski definition) is 3. The molecule has 0 aliphatic carbocycles. The van der Waals surface area contributed by atoms with Crippen LogP contribution in [0.4, 0.5) is 11.4 Å². The van der Waals surface area contributed by atoms with Crippen LogP contribution in [0, 0.1) is 5.92 Å². The van der Waals surface area contributed by atoms with Gasteiger partial charge in [-0.05, 0) is 87.5 Å². The highest BCUT2D eigenvalue weighted by molar-refractivity contribution is 6.05. The van der Waals surface area contributed by atoms with Gasteiger partial charge in [0.2, 0.25) is 0 Å². The lowest BCUT2D eigenvalue weighted by Crippen LogP contribution is -2.46. The average Bonchev–Trinajstić information content (AvgIpc) is 3.54. The maximum atomic E-state index is 13.0. The van der Waals surface area contributed by atoms with E-state index in [2.05, 4.69) is 49.4 Å². The number of nitrogens with one attached hydrogen (secondary N) is 3. The van der Waals surface area contributed by atoms with Crippen molar-refractivity contribution in [3.05, 3.63) is 53.9 Å². The first-order valence-corrected chi connectivity index (χ1v) is 14.4. The van der Waals surface area contributed by atoms with E-state index in [-0.39, 0.29) is 18.3 Å². The third-order valence-electron chi connectivity index (χ3n) is 8.67. The van der Waals surface area contributed by atoms with Crippen LogP contribution < -0.4 is 15.5 Å². The summed E-state index contributed by atoms with van der Waals surface area (Å²) in [5.41, 5.74) is 4.56. The van der Waals surface area contributed by atoms with Crippen molar-refractivity contribution in [1.29, 1.82) is 0 Å². The number of piperazine rings is 1. The molecule has 8 nitrogen and oxygen atoms in total. The molecule has 3 fully saturated rings. The molecular weight excluding hydrogens is 510 g/mol. The number of piperidine rings is 1. The van der Waals surface area contributed by atoms with Gasteiger partial charge in [-0.15, -0.1) is 12.4 Å². The van der Waals surface area contributed by atoms with Crippen molar-refractivity contribution in [2.24, 2.45) is 5.92 Å². The zero-order valence-corrected chi connectivity index (χ0v) is 23.8. The highest BCUT2D eigenvalue weighted by atomic mass is 35.5. The zero-order valence-electron chi connectivity index (χ0n) is 23.0. The first-order valence-electron chi connectivity index (χ1n) is 14.4. The fraction of sp³-hybridized carbons (Fsp3) is 0.533. The standard InChI is InChI=1S/C30H41N7O.ClH/c1-22-3-2-14-37(22)21-29-33-27-9-6-25(19-28(27)34-29)32-30(38)24-4-7-26(8-5-24)36-15-10-23(11-16-36)20-35-17-12-31-13-18-35;/h4-9,19,22-23,31H,2-3,10-18,20-21H2,1H3,(H,32,38)(H,33,34);1H/t22-;/m0./s1. The SMILES string of the molecule is C[C@H]1CCCN1Cc1nc2ccc(NC(=O)c3ccc(N4CCC(CN5CCNCC5)CC4)cc3)cc2[nH]1.Cl. The Morgan fingerprint density at radius 1 is 1.00 bits per heavy atom. The van der Waals surface area contributed by atoms with Crippen LogP contribution in [0.2, 0.25) is 0 Å². The molecule has 3 aliphatic rings. The quantitative estimate of drug-likeness (QED) is 0.405. The lowest BCUT2D eigenvalue weighted by atomic mass is 9.95. The number of benzene rings is 2. The van der Waals surface area contributed by atoms with Crippen LogP contribution in [0.25, 0.3) is 11.0 Å². The molecule has 1 aromatic heterocycles. The molecule has 210 valence electrons. The monoisotopic (exact) mass is 551 g/mol. The largest absolute Gasteiger partial charge is 0.372 e. The van der Waals surface area contributed by atoms with Crippen LogP contribution in [-0.2, 0) is 6.54 Å². The van der Waals surface area contributed by atoms with Gasteiger partial charge in [-0.25, -0.2) is 4.98 Å². The first-order chi connectivity index (χ1) is 18.6. The van der Waals surface area contributed by atoms with Crippen LogP contribution in [0.3, 0.4) is 0 Å². The Morgan fingerprint density at radius 3 is 2.49 bits per heavy atom. The zero-order chi connectivity index (χ0) is 25.9. The van der Waals surface area contributed by atoms with Crippen molar-refractivity contribution in [3.8, 4) is 0 Å². The van der Waals surface area contributed by atoms with Gasteiger partial charge in [-0.3, -0.25) is 9.69 Å². The Balaban J connectivity index is 0.00000308. The smallest absolute Gasteiger partial charge is 0.255 e. The van der Waals surface area contributed by atoms with E-state index in [0.29, 0.717) is 11.6 Å². The third-order valence-corrected chi connectivity index (χ3v) is 8.67. The number of likely N-dealkylation sites (tertiary alicyclic amines) is 1. The van der Waals surface area contributed by atoms with Crippen LogP contribution in [0.5, 0.6) is 0 Å². The minimum Gasteiger partial charge on any atom is -0.372 e. The number of aromatic amines is 1. The van der Waals surface area contributed by atoms with Gasteiger partial charge in [-0.1, -0.05) is 0 Å². The fourth-order valence-electron chi connectivity index (χ4n) is 6.29. The summed E-state index contributed by atoms with van der Waals surface area (Å²) in [6.07, 6.45) is 4.99. The van der Waals surface area contributed by atoms with E-state index in [4.69, 9.17) is 4.98 Å². The molecule has 0 bridgehead atoms. The summed E-state index contributed by atoms with van der Waals surface area (Å²) in [4.78, 5) is 28.7. The molecule has 1 atom stereocenters. The van der Waals surface area contributed by atoms with Gasteiger partial charge in [0.05, 0.1) is 17.6 Å². The second-order valence-electron chi connectivity index (χ2n) is 11.4. The van der Waals surface area contributed by atoms with Crippen molar-refractivity contribution in [1.82, 2.24) is 25.1 Å². The molecule has 6 rings (SSSR count). The van der Waals surface area contributed by atoms with E-state index in [9.17, 15) is 4.79 Å². The maximum Gasteiger partial charge on any atom is 0.255 e. The Labute approximate surface area is 237 Å². The number of halogens is 1. The third kappa shape index (κ3) is 6.74. The Morgan fingerprint density at radius 2 is 1.77 bits per heavy atom. The number of aromatic nitrogens is 2. The van der Waals surface area contributed by atoms with Crippen LogP contribution in [-0.4, -0.2) is 84.1 Å². The number of anilines is 2. The topological polar surface area (TPSA) is 79.5 Å². The minimum absolute atomic E-state index is 0. The summed E-state index contributed by atoms with van der Waals surface area (Å²) < 4.78 is 0. The van der Waals surface area contributed by atoms with Crippen LogP contribution in [0.1, 0.15) is 48.8 Å². The summed E-state index contributed by atoms with van der Waals surface area (Å²) in [7, 11) is 0. The number of fused-ring (bicyclic) bond motifs is 1. The van der Waals surface area contributed by atoms with Crippen molar-refractivity contribution < 1.29 is 4.79 Å². The van der Waals surface area contributed by atoms with Crippen molar-refractivity contribution >= 4 is 40.7 Å². The summed E-state index contributed by atoms with van der Waals surface area (Å²) in [6, 6.07) is 14.6. The Kier molecular flexibility index (Phi) is 9.07. The van der Waals surface area contributed by atoms with Gasteiger partial charge in [0.1, 0.15) is 5.82 Å². The highest BCUT2D eigenvalue weighted by Gasteiger charge is 2.23. The molecule has 3 aromatic rings. The molecule has 3 N–H and O–H groups in total. The van der Waals surface area contributed by atoms with E-state index in [0.717, 1.165) is 67.7 Å². The summed E-state index contributed by atoms with van der Waals surface area (Å²) >= 11 is 0. The lowest BCUT2D eigenvalue weighted by molar-refractivity contribution is 0.102. The lowest BCUT2D eigenvalue weighted by Gasteiger charge is -2.37. The van der Waals surface area contributed by atoms with E-state index in [1.165, 1.54) is 51.0 Å². The summed E-state index contributed by atoms with van der Waals surface area (Å²) in [5, 5.41) is 6.51. The Hall–Kier alpha value is -2.65. The van der Waals surface area contributed by atoms with Crippen molar-refractivity contribution in [2.45, 2.75) is 45.2 Å². The number of rotatable bonds is 7. The predicted molar refractivity (Wildman–Crippen MR) is 161 cm³/mol. The van der Waals surface area contributed by atoms with Gasteiger partial charge in [-0.2, -0.15) is 0 Å². The van der Waals surface area contributed by atoms with E-state index >= 15 is 0 Å². The fourth-order valence-corrected chi connectivity index (χ4v) is 6.29. The molecule has 0 unspecified atom stereocenters. The second kappa shape index (κ2) is 12.7. The second-order valence-corrected chi connectivity index (χ2v) is 11.4. The van der Waals surface area contributed by atoms with Crippen LogP contribution in [0.15, 0.2) is 42.5 Å². The van der Waals surface area contributed by atoms with Crippen molar-refractivity contribution in [2.75, 3.05) is 62.6 Å². The van der Waals surface area contributed by atoms with Crippen molar-refractivity contribution in [3.63, 3.8) is 0 Å². The molecular formula is C30H42ClN7O. The van der Waals surface area contributed by atoms with Crippen LogP contribution >= 0.6 is 12.4 Å². The van der Waals surface area contributed by atoms with E-state index < -0.39 is 0 Å². The molecule has 1 amide bonds. The molecule has 0 radical (unpaired) electrons. The molecule has 4 heterocycles. The molecule has 3 saturated heterocycles. The number of hydrogen-bond acceptors (Lipinski definition) is 6. The predicted octanol–water partition coefficient (Wildman–Crippen LogP) is 4.34. The first kappa shape index (κ1) is 27.9. The number of carbonyl (C=O) groups is 1. The highest BCUT2D eigenvalue weighted by Crippen LogP contribution is 2.25. The Bertz CT molecular complexity index is 1230. The molecule has 9 heteroatoms. The van der Waals surface area contributed by atoms with Gasteiger partial charge >= 0.3 is 0 Å². The van der Waals surface area contributed by atoms with Gasteiger partial charge in [0.25, 0.3) is 5.91 Å². The molecule has 2 aromatic carbocycles. The average molecular weight is 552 g/mol.